The molecule has 0 radical (unpaired) electrons. The topological polar surface area (TPSA) is 114 Å². The van der Waals surface area contributed by atoms with Gasteiger partial charge in [-0.05, 0) is 40.0 Å². The third kappa shape index (κ3) is 4.75. The summed E-state index contributed by atoms with van der Waals surface area (Å²) in [6.45, 7) is 5.11. The zero-order valence-corrected chi connectivity index (χ0v) is 18.2. The maximum atomic E-state index is 13.0. The van der Waals surface area contributed by atoms with Crippen LogP contribution in [0.5, 0.6) is 0 Å². The van der Waals surface area contributed by atoms with Crippen molar-refractivity contribution in [2.24, 2.45) is 7.05 Å². The van der Waals surface area contributed by atoms with E-state index in [9.17, 15) is 14.4 Å². The second-order valence-corrected chi connectivity index (χ2v) is 7.39. The lowest BCUT2D eigenvalue weighted by atomic mass is 10.2. The summed E-state index contributed by atoms with van der Waals surface area (Å²) in [4.78, 5) is 39.5. The highest BCUT2D eigenvalue weighted by Gasteiger charge is 2.24. The quantitative estimate of drug-likeness (QED) is 0.594. The normalized spacial score (nSPS) is 12.1. The molecular weight excluding hydrogens is 400 g/mol. The van der Waals surface area contributed by atoms with Crippen LogP contribution in [-0.4, -0.2) is 50.9 Å². The number of hydrogen-bond donors (Lipinski definition) is 2. The Morgan fingerprint density at radius 1 is 1.19 bits per heavy atom. The van der Waals surface area contributed by atoms with Crippen molar-refractivity contribution >= 4 is 23.3 Å². The molecule has 2 aromatic heterocycles. The Morgan fingerprint density at radius 2 is 1.87 bits per heavy atom. The van der Waals surface area contributed by atoms with E-state index < -0.39 is 11.9 Å². The number of anilines is 2. The van der Waals surface area contributed by atoms with Crippen LogP contribution in [0, 0.1) is 13.8 Å². The Hall–Kier alpha value is -3.66. The van der Waals surface area contributed by atoms with Gasteiger partial charge in [-0.2, -0.15) is 0 Å². The second-order valence-electron chi connectivity index (χ2n) is 7.39. The fourth-order valence-electron chi connectivity index (χ4n) is 3.11. The smallest absolute Gasteiger partial charge is 0.295 e. The van der Waals surface area contributed by atoms with Crippen LogP contribution in [0.2, 0.25) is 0 Å². The molecule has 0 bridgehead atoms. The van der Waals surface area contributed by atoms with Crippen molar-refractivity contribution in [3.8, 4) is 5.69 Å². The van der Waals surface area contributed by atoms with Crippen LogP contribution in [0.25, 0.3) is 5.69 Å². The number of aryl methyl sites for hydroxylation is 1. The van der Waals surface area contributed by atoms with Crippen LogP contribution in [0.15, 0.2) is 45.7 Å². The van der Waals surface area contributed by atoms with Gasteiger partial charge in [0.05, 0.1) is 24.0 Å². The summed E-state index contributed by atoms with van der Waals surface area (Å²) in [5.41, 5.74) is 1.20. The highest BCUT2D eigenvalue weighted by atomic mass is 16.5. The number of nitrogens with one attached hydrogen (secondary N) is 2. The average molecular weight is 426 g/mol. The molecule has 164 valence electrons. The molecule has 1 aromatic carbocycles. The Balaban J connectivity index is 1.69. The van der Waals surface area contributed by atoms with Crippen LogP contribution in [0.1, 0.15) is 18.4 Å². The Morgan fingerprint density at radius 3 is 2.48 bits per heavy atom. The van der Waals surface area contributed by atoms with Gasteiger partial charge in [-0.1, -0.05) is 23.4 Å². The first-order valence-electron chi connectivity index (χ1n) is 9.77. The largest absolute Gasteiger partial charge is 0.360 e. The molecule has 0 aliphatic heterocycles. The van der Waals surface area contributed by atoms with Crippen LogP contribution in [-0.2, 0) is 16.6 Å². The monoisotopic (exact) mass is 426 g/mol. The summed E-state index contributed by atoms with van der Waals surface area (Å²) in [6, 6.07) is 10.1. The Kier molecular flexibility index (Phi) is 6.40. The van der Waals surface area contributed by atoms with Crippen molar-refractivity contribution in [1.29, 1.82) is 0 Å². The van der Waals surface area contributed by atoms with Gasteiger partial charge in [-0.3, -0.25) is 24.0 Å². The molecule has 0 aliphatic rings. The number of carbonyl (C=O) groups is 2. The molecular formula is C21H26N6O4. The van der Waals surface area contributed by atoms with Crippen LogP contribution >= 0.6 is 0 Å². The first-order valence-corrected chi connectivity index (χ1v) is 9.77. The summed E-state index contributed by atoms with van der Waals surface area (Å²) in [5, 5.41) is 9.04. The third-order valence-electron chi connectivity index (χ3n) is 5.13. The van der Waals surface area contributed by atoms with Gasteiger partial charge in [0.1, 0.15) is 11.4 Å². The van der Waals surface area contributed by atoms with E-state index in [-0.39, 0.29) is 23.7 Å². The van der Waals surface area contributed by atoms with Gasteiger partial charge in [-0.15, -0.1) is 0 Å². The standard InChI is InChI=1S/C21H26N6O4/c1-13-11-17(24-31-13)22-18(28)12-25(4)15(3)20(29)23-19-14(2)26(5)27(21(19)30)16-9-7-6-8-10-16/h6-11,15H,12H2,1-5H3,(H,23,29)(H,22,24,28). The fourth-order valence-corrected chi connectivity index (χ4v) is 3.11. The number of amides is 2. The first kappa shape index (κ1) is 22.0. The molecule has 0 saturated carbocycles. The summed E-state index contributed by atoms with van der Waals surface area (Å²) in [5.74, 6) is 0.168. The number of hydrogen-bond acceptors (Lipinski definition) is 6. The number of rotatable bonds is 7. The number of carbonyl (C=O) groups excluding carboxylic acids is 2. The molecule has 1 atom stereocenters. The predicted molar refractivity (Wildman–Crippen MR) is 116 cm³/mol. The molecule has 2 amide bonds. The minimum absolute atomic E-state index is 0.0392. The molecule has 0 saturated heterocycles. The lowest BCUT2D eigenvalue weighted by Crippen LogP contribution is -2.43. The SMILES string of the molecule is Cc1cc(NC(=O)CN(C)C(C)C(=O)Nc2c(C)n(C)n(-c3ccccc3)c2=O)no1. The van der Waals surface area contributed by atoms with Gasteiger partial charge in [0.2, 0.25) is 11.8 Å². The van der Waals surface area contributed by atoms with E-state index in [1.165, 1.54) is 4.68 Å². The molecule has 1 unspecified atom stereocenters. The minimum Gasteiger partial charge on any atom is -0.360 e. The van der Waals surface area contributed by atoms with E-state index in [1.807, 2.05) is 30.3 Å². The van der Waals surface area contributed by atoms with Crippen molar-refractivity contribution in [3.05, 3.63) is 58.2 Å². The van der Waals surface area contributed by atoms with Crippen molar-refractivity contribution in [3.63, 3.8) is 0 Å². The van der Waals surface area contributed by atoms with E-state index in [1.54, 1.807) is 50.5 Å². The van der Waals surface area contributed by atoms with E-state index >= 15 is 0 Å². The highest BCUT2D eigenvalue weighted by molar-refractivity contribution is 5.96. The molecule has 0 spiro atoms. The minimum atomic E-state index is -0.658. The van der Waals surface area contributed by atoms with Crippen molar-refractivity contribution < 1.29 is 14.1 Å². The molecule has 3 aromatic rings. The Labute approximate surface area is 179 Å². The summed E-state index contributed by atoms with van der Waals surface area (Å²) in [7, 11) is 3.41. The van der Waals surface area contributed by atoms with Crippen molar-refractivity contribution in [2.45, 2.75) is 26.8 Å². The molecule has 10 nitrogen and oxygen atoms in total. The summed E-state index contributed by atoms with van der Waals surface area (Å²) >= 11 is 0. The van der Waals surface area contributed by atoms with Gasteiger partial charge >= 0.3 is 0 Å². The highest BCUT2D eigenvalue weighted by Crippen LogP contribution is 2.15. The fraction of sp³-hybridized carbons (Fsp3) is 0.333. The summed E-state index contributed by atoms with van der Waals surface area (Å²) in [6.07, 6.45) is 0. The Bertz CT molecular complexity index is 1140. The van der Waals surface area contributed by atoms with Crippen molar-refractivity contribution in [1.82, 2.24) is 19.4 Å². The first-order chi connectivity index (χ1) is 14.7. The van der Waals surface area contributed by atoms with Gasteiger partial charge in [0, 0.05) is 13.1 Å². The zero-order valence-electron chi connectivity index (χ0n) is 18.2. The number of para-hydroxylation sites is 1. The zero-order chi connectivity index (χ0) is 22.7. The lowest BCUT2D eigenvalue weighted by Gasteiger charge is -2.22. The van der Waals surface area contributed by atoms with E-state index in [0.29, 0.717) is 23.0 Å². The lowest BCUT2D eigenvalue weighted by molar-refractivity contribution is -0.122. The van der Waals surface area contributed by atoms with Gasteiger partial charge in [0.15, 0.2) is 5.82 Å². The van der Waals surface area contributed by atoms with Crippen LogP contribution in [0.4, 0.5) is 11.5 Å². The molecule has 10 heteroatoms. The molecule has 31 heavy (non-hydrogen) atoms. The van der Waals surface area contributed by atoms with Crippen molar-refractivity contribution in [2.75, 3.05) is 24.2 Å². The van der Waals surface area contributed by atoms with E-state index in [2.05, 4.69) is 15.8 Å². The third-order valence-corrected chi connectivity index (χ3v) is 5.13. The van der Waals surface area contributed by atoms with E-state index in [0.717, 1.165) is 0 Å². The molecule has 0 fully saturated rings. The predicted octanol–water partition coefficient (Wildman–Crippen LogP) is 1.68. The molecule has 0 aliphatic carbocycles. The number of nitrogens with zero attached hydrogens (tertiary/aromatic N) is 4. The van der Waals surface area contributed by atoms with Crippen LogP contribution < -0.4 is 16.2 Å². The second kappa shape index (κ2) is 9.00. The van der Waals surface area contributed by atoms with E-state index in [4.69, 9.17) is 4.52 Å². The number of aromatic nitrogens is 3. The molecule has 2 heterocycles. The number of benzene rings is 1. The maximum Gasteiger partial charge on any atom is 0.295 e. The van der Waals surface area contributed by atoms with Gasteiger partial charge < -0.3 is 15.2 Å². The molecule has 2 N–H and O–H groups in total. The van der Waals surface area contributed by atoms with Gasteiger partial charge in [0.25, 0.3) is 5.56 Å². The van der Waals surface area contributed by atoms with Gasteiger partial charge in [-0.25, -0.2) is 4.68 Å². The average Bonchev–Trinajstić information content (AvgIpc) is 3.23. The van der Waals surface area contributed by atoms with Crippen LogP contribution in [0.3, 0.4) is 0 Å². The number of likely N-dealkylation sites (N-methyl/N-ethyl adjacent to an activating group) is 1. The maximum absolute atomic E-state index is 13.0. The summed E-state index contributed by atoms with van der Waals surface area (Å²) < 4.78 is 8.09. The molecule has 3 rings (SSSR count).